The Kier molecular flexibility index (Phi) is 1.88. The molecule has 0 bridgehead atoms. The topological polar surface area (TPSA) is 82.7 Å². The Balaban J connectivity index is 2.61. The summed E-state index contributed by atoms with van der Waals surface area (Å²) >= 11 is 0. The minimum Gasteiger partial charge on any atom is -0.463 e. The van der Waals surface area contributed by atoms with Gasteiger partial charge in [0.25, 0.3) is 0 Å². The monoisotopic (exact) mass is 187 g/mol. The molecule has 0 spiro atoms. The lowest BCUT2D eigenvalue weighted by Crippen LogP contribution is -2.12. The summed E-state index contributed by atoms with van der Waals surface area (Å²) in [6.07, 6.45) is 1.49. The number of rotatable bonds is 1. The van der Waals surface area contributed by atoms with Crippen molar-refractivity contribution in [3.63, 3.8) is 0 Å². The predicted molar refractivity (Wildman–Crippen MR) is 47.3 cm³/mol. The van der Waals surface area contributed by atoms with Crippen LogP contribution >= 0.6 is 0 Å². The zero-order valence-corrected chi connectivity index (χ0v) is 7.02. The van der Waals surface area contributed by atoms with Crippen molar-refractivity contribution in [1.82, 2.24) is 9.97 Å². The Hall–Kier alpha value is -2.35. The van der Waals surface area contributed by atoms with Crippen LogP contribution < -0.4 is 5.69 Å². The lowest BCUT2D eigenvalue weighted by molar-refractivity contribution is 0.579. The number of hydrogen-bond donors (Lipinski definition) is 1. The van der Waals surface area contributed by atoms with Gasteiger partial charge in [-0.05, 0) is 12.1 Å². The number of furan rings is 1. The molecule has 2 aromatic heterocycles. The maximum atomic E-state index is 11.0. The first-order valence-electron chi connectivity index (χ1n) is 3.85. The van der Waals surface area contributed by atoms with Crippen molar-refractivity contribution in [2.24, 2.45) is 0 Å². The van der Waals surface area contributed by atoms with Crippen molar-refractivity contribution in [2.75, 3.05) is 0 Å². The Morgan fingerprint density at radius 2 is 2.43 bits per heavy atom. The van der Waals surface area contributed by atoms with Gasteiger partial charge in [-0.2, -0.15) is 10.2 Å². The molecule has 0 radical (unpaired) electrons. The predicted octanol–water partition coefficient (Wildman–Crippen LogP) is 0.902. The largest absolute Gasteiger partial charge is 0.463 e. The molecule has 2 rings (SSSR count). The second-order valence-electron chi connectivity index (χ2n) is 2.57. The summed E-state index contributed by atoms with van der Waals surface area (Å²) in [6, 6.07) is 6.64. The molecule has 0 aliphatic heterocycles. The van der Waals surface area contributed by atoms with Gasteiger partial charge >= 0.3 is 5.69 Å². The fourth-order valence-corrected chi connectivity index (χ4v) is 1.08. The van der Waals surface area contributed by atoms with E-state index in [4.69, 9.17) is 9.68 Å². The van der Waals surface area contributed by atoms with E-state index in [1.807, 2.05) is 0 Å². The van der Waals surface area contributed by atoms with Gasteiger partial charge in [0.1, 0.15) is 17.5 Å². The highest BCUT2D eigenvalue weighted by atomic mass is 16.3. The van der Waals surface area contributed by atoms with Crippen LogP contribution in [0.1, 0.15) is 5.69 Å². The summed E-state index contributed by atoms with van der Waals surface area (Å²) in [5.41, 5.74) is -0.0397. The molecule has 1 N–H and O–H groups in total. The second-order valence-corrected chi connectivity index (χ2v) is 2.57. The molecular formula is C9H5N3O2. The molecule has 5 nitrogen and oxygen atoms in total. The molecule has 0 aromatic carbocycles. The van der Waals surface area contributed by atoms with Crippen molar-refractivity contribution < 1.29 is 4.42 Å². The van der Waals surface area contributed by atoms with Crippen molar-refractivity contribution in [3.05, 3.63) is 40.6 Å². The summed E-state index contributed by atoms with van der Waals surface area (Å²) in [4.78, 5) is 16.9. The van der Waals surface area contributed by atoms with E-state index in [1.54, 1.807) is 18.2 Å². The molecular weight excluding hydrogens is 182 g/mol. The number of hydrogen-bond acceptors (Lipinski definition) is 4. The number of H-pyrrole nitrogens is 1. The molecule has 14 heavy (non-hydrogen) atoms. The smallest absolute Gasteiger partial charge is 0.346 e. The molecule has 68 valence electrons. The van der Waals surface area contributed by atoms with Gasteiger partial charge < -0.3 is 9.40 Å². The van der Waals surface area contributed by atoms with Gasteiger partial charge in [-0.15, -0.1) is 0 Å². The lowest BCUT2D eigenvalue weighted by Gasteiger charge is -1.95. The third-order valence-electron chi connectivity index (χ3n) is 1.65. The van der Waals surface area contributed by atoms with E-state index in [-0.39, 0.29) is 5.69 Å². The molecule has 0 atom stereocenters. The summed E-state index contributed by atoms with van der Waals surface area (Å²) in [6.45, 7) is 0. The maximum absolute atomic E-state index is 11.0. The van der Waals surface area contributed by atoms with E-state index in [0.717, 1.165) is 0 Å². The summed E-state index contributed by atoms with van der Waals surface area (Å²) < 4.78 is 5.07. The van der Waals surface area contributed by atoms with E-state index in [0.29, 0.717) is 11.5 Å². The highest BCUT2D eigenvalue weighted by Gasteiger charge is 2.04. The van der Waals surface area contributed by atoms with Crippen molar-refractivity contribution in [2.45, 2.75) is 0 Å². The Bertz CT molecular complexity index is 534. The van der Waals surface area contributed by atoms with E-state index in [2.05, 4.69) is 9.97 Å². The van der Waals surface area contributed by atoms with Gasteiger partial charge in [0.15, 0.2) is 0 Å². The highest BCUT2D eigenvalue weighted by Crippen LogP contribution is 2.15. The standard InChI is InChI=1S/C9H5N3O2/c10-5-6-4-7(12-9(13)11-6)8-2-1-3-14-8/h1-4H,(H,11,12,13). The molecule has 2 aromatic rings. The van der Waals surface area contributed by atoms with Gasteiger partial charge in [0.05, 0.1) is 12.0 Å². The number of nitrogens with zero attached hydrogens (tertiary/aromatic N) is 2. The minimum absolute atomic E-state index is 0.0696. The van der Waals surface area contributed by atoms with Crippen LogP contribution in [0.5, 0.6) is 0 Å². The molecule has 0 unspecified atom stereocenters. The first-order valence-corrected chi connectivity index (χ1v) is 3.85. The van der Waals surface area contributed by atoms with Crippen LogP contribution in [0, 0.1) is 11.3 Å². The normalized spacial score (nSPS) is 9.64. The van der Waals surface area contributed by atoms with Gasteiger partial charge in [-0.3, -0.25) is 0 Å². The van der Waals surface area contributed by atoms with Crippen molar-refractivity contribution in [1.29, 1.82) is 5.26 Å². The third-order valence-corrected chi connectivity index (χ3v) is 1.65. The SMILES string of the molecule is N#Cc1cc(-c2ccco2)[nH]c(=O)n1. The fraction of sp³-hybridized carbons (Fsp3) is 0. The van der Waals surface area contributed by atoms with Crippen molar-refractivity contribution in [3.8, 4) is 17.5 Å². The van der Waals surface area contributed by atoms with Gasteiger partial charge in [-0.1, -0.05) is 0 Å². The quantitative estimate of drug-likeness (QED) is 0.718. The van der Waals surface area contributed by atoms with E-state index < -0.39 is 5.69 Å². The Morgan fingerprint density at radius 3 is 3.07 bits per heavy atom. The van der Waals surface area contributed by atoms with Crippen LogP contribution in [-0.4, -0.2) is 9.97 Å². The molecule has 0 fully saturated rings. The summed E-state index contributed by atoms with van der Waals surface area (Å²) in [5.74, 6) is 0.501. The van der Waals surface area contributed by atoms with E-state index >= 15 is 0 Å². The number of nitrogens with one attached hydrogen (secondary N) is 1. The van der Waals surface area contributed by atoms with Gasteiger partial charge in [0, 0.05) is 6.07 Å². The zero-order valence-electron chi connectivity index (χ0n) is 7.02. The van der Waals surface area contributed by atoms with Crippen LogP contribution in [0.25, 0.3) is 11.5 Å². The Labute approximate surface area is 78.6 Å². The zero-order chi connectivity index (χ0) is 9.97. The molecule has 2 heterocycles. The van der Waals surface area contributed by atoms with E-state index in [1.165, 1.54) is 12.3 Å². The molecule has 0 amide bonds. The average molecular weight is 187 g/mol. The summed E-state index contributed by atoms with van der Waals surface area (Å²) in [7, 11) is 0. The molecule has 0 aliphatic rings. The molecule has 0 saturated heterocycles. The van der Waals surface area contributed by atoms with E-state index in [9.17, 15) is 4.79 Å². The molecule has 0 aliphatic carbocycles. The van der Waals surface area contributed by atoms with Crippen LogP contribution in [0.2, 0.25) is 0 Å². The molecule has 0 saturated carbocycles. The third kappa shape index (κ3) is 1.41. The van der Waals surface area contributed by atoms with Gasteiger partial charge in [0.2, 0.25) is 0 Å². The van der Waals surface area contributed by atoms with Crippen LogP contribution in [-0.2, 0) is 0 Å². The first-order chi connectivity index (χ1) is 6.79. The van der Waals surface area contributed by atoms with Crippen LogP contribution in [0.3, 0.4) is 0 Å². The highest BCUT2D eigenvalue weighted by molar-refractivity contribution is 5.52. The number of aromatic nitrogens is 2. The lowest BCUT2D eigenvalue weighted by atomic mass is 10.3. The van der Waals surface area contributed by atoms with Gasteiger partial charge in [-0.25, -0.2) is 4.79 Å². The fourth-order valence-electron chi connectivity index (χ4n) is 1.08. The molecule has 5 heteroatoms. The minimum atomic E-state index is -0.560. The second kappa shape index (κ2) is 3.18. The van der Waals surface area contributed by atoms with Crippen LogP contribution in [0.4, 0.5) is 0 Å². The maximum Gasteiger partial charge on any atom is 0.346 e. The Morgan fingerprint density at radius 1 is 1.57 bits per heavy atom. The first kappa shape index (κ1) is 8.26. The summed E-state index contributed by atoms with van der Waals surface area (Å²) in [5, 5.41) is 8.59. The van der Waals surface area contributed by atoms with Crippen LogP contribution in [0.15, 0.2) is 33.7 Å². The van der Waals surface area contributed by atoms with Crippen molar-refractivity contribution >= 4 is 0 Å². The number of aromatic amines is 1. The number of nitriles is 1. The average Bonchev–Trinajstić information content (AvgIpc) is 2.69.